The van der Waals surface area contributed by atoms with Crippen molar-refractivity contribution < 1.29 is 34.0 Å². The van der Waals surface area contributed by atoms with Crippen LogP contribution in [0, 0.1) is 6.92 Å². The van der Waals surface area contributed by atoms with Gasteiger partial charge in [-0.1, -0.05) is 45.9 Å². The van der Waals surface area contributed by atoms with E-state index in [1.54, 1.807) is 51.5 Å². The summed E-state index contributed by atoms with van der Waals surface area (Å²) in [6, 6.07) is 10.7. The van der Waals surface area contributed by atoms with E-state index in [9.17, 15) is 15.0 Å². The number of allylic oxidation sites excluding steroid dienone is 1. The lowest BCUT2D eigenvalue weighted by Gasteiger charge is -2.36. The minimum atomic E-state index is -0.965. The number of carbonyl (C=O) groups is 1. The quantitative estimate of drug-likeness (QED) is 0.312. The van der Waals surface area contributed by atoms with Crippen LogP contribution >= 0.6 is 0 Å². The molecule has 35 heavy (non-hydrogen) atoms. The number of rotatable bonds is 7. The van der Waals surface area contributed by atoms with Gasteiger partial charge in [0, 0.05) is 6.42 Å². The van der Waals surface area contributed by atoms with Crippen molar-refractivity contribution in [3.05, 3.63) is 59.4 Å². The summed E-state index contributed by atoms with van der Waals surface area (Å²) in [7, 11) is 3.12. The Bertz CT molecular complexity index is 925. The van der Waals surface area contributed by atoms with Crippen LogP contribution in [0.2, 0.25) is 0 Å². The summed E-state index contributed by atoms with van der Waals surface area (Å²) in [4.78, 5) is 11.7. The molecule has 194 valence electrons. The molecular formula is C28H40O7. The third-order valence-corrected chi connectivity index (χ3v) is 5.46. The Morgan fingerprint density at radius 2 is 1.63 bits per heavy atom. The number of carbonyl (C=O) groups excluding carboxylic acids is 1. The molecular weight excluding hydrogens is 448 g/mol. The maximum absolute atomic E-state index is 11.7. The summed E-state index contributed by atoms with van der Waals surface area (Å²) < 4.78 is 22.6. The van der Waals surface area contributed by atoms with Gasteiger partial charge < -0.3 is 29.2 Å². The molecule has 0 bridgehead atoms. The van der Waals surface area contributed by atoms with E-state index in [2.05, 4.69) is 0 Å². The molecule has 0 saturated carbocycles. The normalized spacial score (nSPS) is 21.5. The highest BCUT2D eigenvalue weighted by molar-refractivity contribution is 6.06. The van der Waals surface area contributed by atoms with Gasteiger partial charge in [0.25, 0.3) is 0 Å². The second-order valence-electron chi connectivity index (χ2n) is 7.49. The SMILES string of the molecule is CC.CC.COc1ccc(/C(C=O)=C/Oc2c(C)ccc(OC)c2C2CC(O)C(O)C(C)O2)cc1. The number of aldehydes is 1. The fourth-order valence-electron chi connectivity index (χ4n) is 3.65. The summed E-state index contributed by atoms with van der Waals surface area (Å²) in [5.74, 6) is 1.70. The van der Waals surface area contributed by atoms with Gasteiger partial charge >= 0.3 is 0 Å². The average molecular weight is 489 g/mol. The molecule has 4 unspecified atom stereocenters. The van der Waals surface area contributed by atoms with E-state index >= 15 is 0 Å². The van der Waals surface area contributed by atoms with Gasteiger partial charge in [0.1, 0.15) is 29.6 Å². The molecule has 1 fully saturated rings. The van der Waals surface area contributed by atoms with Crippen LogP contribution in [0.1, 0.15) is 63.8 Å². The van der Waals surface area contributed by atoms with Crippen LogP contribution in [0.3, 0.4) is 0 Å². The van der Waals surface area contributed by atoms with Crippen molar-refractivity contribution in [3.63, 3.8) is 0 Å². The van der Waals surface area contributed by atoms with Crippen LogP contribution in [0.5, 0.6) is 17.2 Å². The Hall–Kier alpha value is -2.87. The van der Waals surface area contributed by atoms with Crippen molar-refractivity contribution >= 4 is 11.9 Å². The molecule has 1 saturated heterocycles. The van der Waals surface area contributed by atoms with Crippen molar-refractivity contribution in [3.8, 4) is 17.2 Å². The molecule has 7 heteroatoms. The monoisotopic (exact) mass is 488 g/mol. The summed E-state index contributed by atoms with van der Waals surface area (Å²) in [5, 5.41) is 20.3. The van der Waals surface area contributed by atoms with Gasteiger partial charge in [-0.05, 0) is 43.2 Å². The number of aliphatic hydroxyl groups is 2. The second kappa shape index (κ2) is 15.2. The molecule has 1 heterocycles. The van der Waals surface area contributed by atoms with Gasteiger partial charge in [-0.25, -0.2) is 0 Å². The zero-order valence-corrected chi connectivity index (χ0v) is 22.1. The van der Waals surface area contributed by atoms with Crippen LogP contribution in [0.4, 0.5) is 0 Å². The predicted molar refractivity (Wildman–Crippen MR) is 138 cm³/mol. The van der Waals surface area contributed by atoms with Gasteiger partial charge in [0.05, 0.1) is 43.7 Å². The van der Waals surface area contributed by atoms with Gasteiger partial charge in [-0.3, -0.25) is 4.79 Å². The van der Waals surface area contributed by atoms with E-state index in [4.69, 9.17) is 18.9 Å². The largest absolute Gasteiger partial charge is 0.497 e. The number of ether oxygens (including phenoxy) is 4. The molecule has 2 aromatic rings. The molecule has 4 atom stereocenters. The van der Waals surface area contributed by atoms with E-state index < -0.39 is 24.4 Å². The molecule has 2 aromatic carbocycles. The topological polar surface area (TPSA) is 94.5 Å². The first-order valence-corrected chi connectivity index (χ1v) is 12.0. The van der Waals surface area contributed by atoms with Crippen molar-refractivity contribution in [2.24, 2.45) is 0 Å². The minimum absolute atomic E-state index is 0.185. The molecule has 2 N–H and O–H groups in total. The van der Waals surface area contributed by atoms with Crippen LogP contribution < -0.4 is 14.2 Å². The lowest BCUT2D eigenvalue weighted by atomic mass is 9.92. The lowest BCUT2D eigenvalue weighted by Crippen LogP contribution is -2.44. The smallest absolute Gasteiger partial charge is 0.153 e. The van der Waals surface area contributed by atoms with Crippen molar-refractivity contribution in [1.82, 2.24) is 0 Å². The highest BCUT2D eigenvalue weighted by Gasteiger charge is 2.37. The van der Waals surface area contributed by atoms with Gasteiger partial charge in [0.15, 0.2) is 6.29 Å². The molecule has 7 nitrogen and oxygen atoms in total. The summed E-state index contributed by atoms with van der Waals surface area (Å²) in [5.41, 5.74) is 2.46. The van der Waals surface area contributed by atoms with Gasteiger partial charge in [-0.2, -0.15) is 0 Å². The number of aryl methyl sites for hydroxylation is 1. The number of benzene rings is 2. The molecule has 1 aliphatic heterocycles. The molecule has 0 aromatic heterocycles. The number of aliphatic hydroxyl groups excluding tert-OH is 2. The van der Waals surface area contributed by atoms with Crippen LogP contribution in [0.25, 0.3) is 5.57 Å². The Morgan fingerprint density at radius 1 is 1.00 bits per heavy atom. The second-order valence-corrected chi connectivity index (χ2v) is 7.49. The Balaban J connectivity index is 0.00000145. The van der Waals surface area contributed by atoms with E-state index in [1.165, 1.54) is 6.26 Å². The van der Waals surface area contributed by atoms with Gasteiger partial charge in [-0.15, -0.1) is 0 Å². The maximum atomic E-state index is 11.7. The van der Waals surface area contributed by atoms with Crippen LogP contribution in [-0.2, 0) is 9.53 Å². The van der Waals surface area contributed by atoms with Crippen LogP contribution in [0.15, 0.2) is 42.7 Å². The van der Waals surface area contributed by atoms with Crippen molar-refractivity contribution in [1.29, 1.82) is 0 Å². The highest BCUT2D eigenvalue weighted by atomic mass is 16.5. The predicted octanol–water partition coefficient (Wildman–Crippen LogP) is 5.26. The summed E-state index contributed by atoms with van der Waals surface area (Å²) in [6.45, 7) is 11.6. The molecule has 0 amide bonds. The first-order chi connectivity index (χ1) is 16.9. The van der Waals surface area contributed by atoms with E-state index in [0.717, 1.165) is 11.8 Å². The van der Waals surface area contributed by atoms with Crippen molar-refractivity contribution in [2.75, 3.05) is 14.2 Å². The first kappa shape index (κ1) is 30.2. The Labute approximate surface area is 209 Å². The van der Waals surface area contributed by atoms with Crippen molar-refractivity contribution in [2.45, 2.75) is 72.4 Å². The zero-order chi connectivity index (χ0) is 26.5. The Morgan fingerprint density at radius 3 is 2.14 bits per heavy atom. The minimum Gasteiger partial charge on any atom is -0.497 e. The molecule has 0 aliphatic carbocycles. The zero-order valence-electron chi connectivity index (χ0n) is 22.1. The molecule has 1 aliphatic rings. The molecule has 3 rings (SSSR count). The standard InChI is InChI=1S/C24H28O7.2C2H6/c1-14-5-10-20(29-4)22(21-11-19(26)23(27)15(2)31-21)24(14)30-13-17(12-25)16-6-8-18(28-3)9-7-16;2*1-2/h5-10,12-13,15,19,21,23,26-27H,11H2,1-4H3;2*1-2H3/b17-13+;;. The third-order valence-electron chi connectivity index (χ3n) is 5.46. The fraction of sp³-hybridized carbons (Fsp3) is 0.464. The summed E-state index contributed by atoms with van der Waals surface area (Å²) in [6.07, 6.45) is -0.724. The molecule has 0 spiro atoms. The molecule has 0 radical (unpaired) electrons. The number of hydrogen-bond acceptors (Lipinski definition) is 7. The maximum Gasteiger partial charge on any atom is 0.153 e. The lowest BCUT2D eigenvalue weighted by molar-refractivity contribution is -0.164. The van der Waals surface area contributed by atoms with Crippen LogP contribution in [-0.4, -0.2) is 49.0 Å². The third kappa shape index (κ3) is 7.56. The fourth-order valence-corrected chi connectivity index (χ4v) is 3.65. The Kier molecular flexibility index (Phi) is 13.1. The van der Waals surface area contributed by atoms with E-state index in [0.29, 0.717) is 33.9 Å². The average Bonchev–Trinajstić information content (AvgIpc) is 2.90. The highest BCUT2D eigenvalue weighted by Crippen LogP contribution is 2.43. The first-order valence-electron chi connectivity index (χ1n) is 12.0. The number of hydrogen-bond donors (Lipinski definition) is 2. The summed E-state index contributed by atoms with van der Waals surface area (Å²) >= 11 is 0. The van der Waals surface area contributed by atoms with E-state index in [1.807, 2.05) is 40.7 Å². The number of methoxy groups -OCH3 is 2. The van der Waals surface area contributed by atoms with Gasteiger partial charge in [0.2, 0.25) is 0 Å². The van der Waals surface area contributed by atoms with E-state index in [-0.39, 0.29) is 6.42 Å².